The molecule has 0 aliphatic heterocycles. The van der Waals surface area contributed by atoms with Crippen LogP contribution in [0.25, 0.3) is 0 Å². The van der Waals surface area contributed by atoms with Gasteiger partial charge in [0.25, 0.3) is 5.91 Å². The molecule has 3 aromatic rings. The molecule has 0 radical (unpaired) electrons. The number of carbonyl (C=O) groups is 1. The van der Waals surface area contributed by atoms with Crippen LogP contribution in [0.2, 0.25) is 10.0 Å². The second-order valence-electron chi connectivity index (χ2n) is 5.66. The first-order valence-electron chi connectivity index (χ1n) is 8.17. The number of nitrogens with one attached hydrogen (secondary N) is 1. The topological polar surface area (TPSA) is 41.5 Å². The number of benzene rings is 3. The van der Waals surface area contributed by atoms with Crippen LogP contribution in [0.3, 0.4) is 0 Å². The highest BCUT2D eigenvalue weighted by molar-refractivity contribution is 7.98. The molecule has 0 aliphatic rings. The number of thioether (sulfide) groups is 1. The lowest BCUT2D eigenvalue weighted by Crippen LogP contribution is -2.17. The molecule has 0 bridgehead atoms. The molecule has 3 rings (SSSR count). The number of amides is 1. The third kappa shape index (κ3) is 5.86. The van der Waals surface area contributed by atoms with E-state index in [4.69, 9.17) is 23.2 Å². The second kappa shape index (κ2) is 9.60. The van der Waals surface area contributed by atoms with E-state index < -0.39 is 0 Å². The summed E-state index contributed by atoms with van der Waals surface area (Å²) in [6, 6.07) is 22.8. The van der Waals surface area contributed by atoms with Crippen LogP contribution < -0.4 is 5.43 Å². The summed E-state index contributed by atoms with van der Waals surface area (Å²) in [4.78, 5) is 13.4. The van der Waals surface area contributed by atoms with Crippen LogP contribution in [0, 0.1) is 0 Å². The van der Waals surface area contributed by atoms with Crippen LogP contribution >= 0.6 is 35.0 Å². The van der Waals surface area contributed by atoms with Gasteiger partial charge in [-0.15, -0.1) is 11.8 Å². The maximum absolute atomic E-state index is 12.2. The standard InChI is InChI=1S/C21H16Cl2N2OS/c22-18-11-10-17(20(23)12-18)13-24-25-21(26)16-8-6-15(7-9-16)14-27-19-4-2-1-3-5-19/h1-13H,14H2,(H,25,26)/b24-13-. The van der Waals surface area contributed by atoms with Gasteiger partial charge in [-0.1, -0.05) is 59.6 Å². The Morgan fingerprint density at radius 1 is 1.00 bits per heavy atom. The fraction of sp³-hybridized carbons (Fsp3) is 0.0476. The van der Waals surface area contributed by atoms with Crippen LogP contribution in [0.4, 0.5) is 0 Å². The van der Waals surface area contributed by atoms with E-state index in [0.717, 1.165) is 11.3 Å². The molecule has 1 amide bonds. The molecule has 0 saturated carbocycles. The molecule has 6 heteroatoms. The van der Waals surface area contributed by atoms with Crippen molar-refractivity contribution < 1.29 is 4.79 Å². The number of nitrogens with zero attached hydrogens (tertiary/aromatic N) is 1. The monoisotopic (exact) mass is 414 g/mol. The molecule has 0 aromatic heterocycles. The normalized spacial score (nSPS) is 10.9. The van der Waals surface area contributed by atoms with Crippen molar-refractivity contribution in [2.45, 2.75) is 10.6 Å². The predicted molar refractivity (Wildman–Crippen MR) is 114 cm³/mol. The van der Waals surface area contributed by atoms with Crippen LogP contribution in [-0.2, 0) is 5.75 Å². The molecule has 0 heterocycles. The highest BCUT2D eigenvalue weighted by Crippen LogP contribution is 2.22. The highest BCUT2D eigenvalue weighted by Gasteiger charge is 2.05. The van der Waals surface area contributed by atoms with Gasteiger partial charge in [-0.2, -0.15) is 5.10 Å². The lowest BCUT2D eigenvalue weighted by molar-refractivity contribution is 0.0955. The third-order valence-corrected chi connectivity index (χ3v) is 5.34. The van der Waals surface area contributed by atoms with Crippen molar-refractivity contribution >= 4 is 47.1 Å². The van der Waals surface area contributed by atoms with Crippen molar-refractivity contribution in [1.82, 2.24) is 5.43 Å². The van der Waals surface area contributed by atoms with E-state index in [-0.39, 0.29) is 5.91 Å². The SMILES string of the molecule is O=C(N/N=C\c1ccc(Cl)cc1Cl)c1ccc(CSc2ccccc2)cc1. The van der Waals surface area contributed by atoms with E-state index in [1.807, 2.05) is 30.3 Å². The average Bonchev–Trinajstić information content (AvgIpc) is 2.69. The molecule has 27 heavy (non-hydrogen) atoms. The van der Waals surface area contributed by atoms with Gasteiger partial charge in [0.1, 0.15) is 0 Å². The molecule has 3 nitrogen and oxygen atoms in total. The Hall–Kier alpha value is -2.27. The minimum absolute atomic E-state index is 0.279. The minimum Gasteiger partial charge on any atom is -0.267 e. The van der Waals surface area contributed by atoms with Gasteiger partial charge < -0.3 is 0 Å². The molecule has 0 unspecified atom stereocenters. The predicted octanol–water partition coefficient (Wildman–Crippen LogP) is 6.05. The smallest absolute Gasteiger partial charge is 0.267 e. The molecule has 0 aliphatic carbocycles. The summed E-state index contributed by atoms with van der Waals surface area (Å²) in [7, 11) is 0. The van der Waals surface area contributed by atoms with Gasteiger partial charge in [-0.25, -0.2) is 5.43 Å². The average molecular weight is 415 g/mol. The van der Waals surface area contributed by atoms with Gasteiger partial charge in [-0.05, 0) is 42.0 Å². The third-order valence-electron chi connectivity index (χ3n) is 3.70. The fourth-order valence-corrected chi connectivity index (χ4v) is 3.60. The summed E-state index contributed by atoms with van der Waals surface area (Å²) >= 11 is 13.7. The molecule has 1 N–H and O–H groups in total. The lowest BCUT2D eigenvalue weighted by Gasteiger charge is -2.04. The number of hydrogen-bond donors (Lipinski definition) is 1. The van der Waals surface area contributed by atoms with Gasteiger partial charge in [0.15, 0.2) is 0 Å². The molecule has 0 spiro atoms. The van der Waals surface area contributed by atoms with E-state index in [1.165, 1.54) is 11.1 Å². The van der Waals surface area contributed by atoms with Gasteiger partial charge in [0, 0.05) is 26.8 Å². The zero-order valence-electron chi connectivity index (χ0n) is 14.2. The minimum atomic E-state index is -0.279. The molecule has 0 atom stereocenters. The van der Waals surface area contributed by atoms with Crippen LogP contribution in [0.1, 0.15) is 21.5 Å². The molecule has 0 saturated heterocycles. The number of carbonyl (C=O) groups excluding carboxylic acids is 1. The fourth-order valence-electron chi connectivity index (χ4n) is 2.27. The Balaban J connectivity index is 1.54. The maximum atomic E-state index is 12.2. The summed E-state index contributed by atoms with van der Waals surface area (Å²) in [5, 5.41) is 4.97. The van der Waals surface area contributed by atoms with Crippen molar-refractivity contribution in [3.63, 3.8) is 0 Å². The lowest BCUT2D eigenvalue weighted by atomic mass is 10.1. The Morgan fingerprint density at radius 3 is 2.44 bits per heavy atom. The first kappa shape index (κ1) is 19.5. The van der Waals surface area contributed by atoms with Gasteiger partial charge >= 0.3 is 0 Å². The van der Waals surface area contributed by atoms with E-state index in [1.54, 1.807) is 42.1 Å². The molecule has 3 aromatic carbocycles. The summed E-state index contributed by atoms with van der Waals surface area (Å²) in [6.07, 6.45) is 1.49. The molecule has 0 fully saturated rings. The van der Waals surface area contributed by atoms with E-state index in [0.29, 0.717) is 21.2 Å². The van der Waals surface area contributed by atoms with Gasteiger partial charge in [-0.3, -0.25) is 4.79 Å². The number of hydrazone groups is 1. The number of hydrogen-bond acceptors (Lipinski definition) is 3. The first-order chi connectivity index (χ1) is 13.1. The number of rotatable bonds is 6. The van der Waals surface area contributed by atoms with Crippen LogP contribution in [0.5, 0.6) is 0 Å². The summed E-state index contributed by atoms with van der Waals surface area (Å²) in [5.74, 6) is 0.567. The van der Waals surface area contributed by atoms with Crippen molar-refractivity contribution in [3.05, 3.63) is 99.5 Å². The van der Waals surface area contributed by atoms with Crippen molar-refractivity contribution in [2.75, 3.05) is 0 Å². The van der Waals surface area contributed by atoms with E-state index in [2.05, 4.69) is 22.7 Å². The number of halogens is 2. The maximum Gasteiger partial charge on any atom is 0.271 e. The Labute approximate surface area is 172 Å². The van der Waals surface area contributed by atoms with Crippen molar-refractivity contribution in [1.29, 1.82) is 0 Å². The zero-order chi connectivity index (χ0) is 19.1. The van der Waals surface area contributed by atoms with Crippen LogP contribution in [0.15, 0.2) is 82.8 Å². The van der Waals surface area contributed by atoms with Crippen LogP contribution in [-0.4, -0.2) is 12.1 Å². The van der Waals surface area contributed by atoms with Crippen molar-refractivity contribution in [3.8, 4) is 0 Å². The second-order valence-corrected chi connectivity index (χ2v) is 7.56. The first-order valence-corrected chi connectivity index (χ1v) is 9.91. The van der Waals surface area contributed by atoms with E-state index in [9.17, 15) is 4.79 Å². The summed E-state index contributed by atoms with van der Waals surface area (Å²) < 4.78 is 0. The van der Waals surface area contributed by atoms with Gasteiger partial charge in [0.2, 0.25) is 0 Å². The zero-order valence-corrected chi connectivity index (χ0v) is 16.6. The highest BCUT2D eigenvalue weighted by atomic mass is 35.5. The van der Waals surface area contributed by atoms with E-state index >= 15 is 0 Å². The quantitative estimate of drug-likeness (QED) is 0.303. The molecular formula is C21H16Cl2N2OS. The Morgan fingerprint density at radius 2 is 1.74 bits per heavy atom. The summed E-state index contributed by atoms with van der Waals surface area (Å²) in [5.41, 5.74) is 4.87. The van der Waals surface area contributed by atoms with Gasteiger partial charge in [0.05, 0.1) is 11.2 Å². The Kier molecular flexibility index (Phi) is 6.93. The largest absolute Gasteiger partial charge is 0.271 e. The molecule has 136 valence electrons. The molecular weight excluding hydrogens is 399 g/mol. The summed E-state index contributed by atoms with van der Waals surface area (Å²) in [6.45, 7) is 0. The van der Waals surface area contributed by atoms with Crippen molar-refractivity contribution in [2.24, 2.45) is 5.10 Å². The Bertz CT molecular complexity index is 944.